The fraction of sp³-hybridized carbons (Fsp3) is 0. The molecule has 0 atom stereocenters. The molecule has 0 unspecified atom stereocenters. The molecule has 0 amide bonds. The van der Waals surface area contributed by atoms with E-state index in [-0.39, 0.29) is 23.7 Å². The summed E-state index contributed by atoms with van der Waals surface area (Å²) >= 11 is -3.80. The number of rotatable bonds is 6. The van der Waals surface area contributed by atoms with Gasteiger partial charge >= 0.3 is 242 Å². The Kier molecular flexibility index (Phi) is 12.1. The van der Waals surface area contributed by atoms with E-state index < -0.39 is 37.1 Å². The Morgan fingerprint density at radius 3 is 0.718 bits per heavy atom. The van der Waals surface area contributed by atoms with Gasteiger partial charge in [0.1, 0.15) is 0 Å². The summed E-state index contributed by atoms with van der Waals surface area (Å²) in [7, 11) is 0. The first-order valence-corrected chi connectivity index (χ1v) is 21.9. The van der Waals surface area contributed by atoms with Crippen LogP contribution in [0.4, 0.5) is 0 Å². The first-order valence-electron chi connectivity index (χ1n) is 13.0. The minimum atomic E-state index is -2.17. The molecule has 3 heteroatoms. The summed E-state index contributed by atoms with van der Waals surface area (Å²) in [5, 5.41) is 0. The molecular formula is C36H30GePbTe. The standard InChI is InChI=1S/C18H15Ge.3C6H5.Pb.Te/c1-4-10-16(11-5-1)19(17-12-6-2-7-13-17)18-14-8-3-9-15-18;3*1-2-4-6-5-3-1;;/h1-15H;3*1-5H;;. The van der Waals surface area contributed by atoms with Crippen LogP contribution in [0.25, 0.3) is 0 Å². The van der Waals surface area contributed by atoms with Crippen molar-refractivity contribution < 1.29 is 0 Å². The Balaban J connectivity index is 0.000000176. The van der Waals surface area contributed by atoms with E-state index in [2.05, 4.69) is 182 Å². The number of hydrogen-bond acceptors (Lipinski definition) is 0. The van der Waals surface area contributed by atoms with E-state index in [4.69, 9.17) is 0 Å². The summed E-state index contributed by atoms with van der Waals surface area (Å²) in [5.41, 5.74) is 0. The van der Waals surface area contributed by atoms with Crippen molar-refractivity contribution >= 4 is 83.3 Å². The van der Waals surface area contributed by atoms with Crippen LogP contribution < -0.4 is 22.6 Å². The number of benzene rings is 6. The first-order chi connectivity index (χ1) is 18.9. The van der Waals surface area contributed by atoms with Gasteiger partial charge in [-0.05, 0) is 0 Å². The average Bonchev–Trinajstić information content (AvgIpc) is 3.01. The van der Waals surface area contributed by atoms with Gasteiger partial charge in [0, 0.05) is 23.7 Å². The van der Waals surface area contributed by atoms with Crippen LogP contribution in [0.2, 0.25) is 0 Å². The maximum absolute atomic E-state index is 2.29. The van der Waals surface area contributed by atoms with E-state index >= 15 is 0 Å². The average molecular weight is 870 g/mol. The third-order valence-corrected chi connectivity index (χ3v) is 22.7. The Morgan fingerprint density at radius 1 is 0.282 bits per heavy atom. The van der Waals surface area contributed by atoms with Crippen LogP contribution in [-0.2, 0) is 0 Å². The van der Waals surface area contributed by atoms with Crippen molar-refractivity contribution in [3.63, 3.8) is 0 Å². The van der Waals surface area contributed by atoms with Gasteiger partial charge in [-0.1, -0.05) is 0 Å². The van der Waals surface area contributed by atoms with E-state index in [9.17, 15) is 0 Å². The topological polar surface area (TPSA) is 0 Å². The second kappa shape index (κ2) is 16.0. The van der Waals surface area contributed by atoms with Gasteiger partial charge in [-0.3, -0.25) is 0 Å². The summed E-state index contributed by atoms with van der Waals surface area (Å²) in [6, 6.07) is 65.8. The first kappa shape index (κ1) is 29.6. The summed E-state index contributed by atoms with van der Waals surface area (Å²) in [5.74, 6) is 0. The normalized spacial score (nSPS) is 10.3. The summed E-state index contributed by atoms with van der Waals surface area (Å²) < 4.78 is 9.14. The van der Waals surface area contributed by atoms with Gasteiger partial charge in [-0.15, -0.1) is 0 Å². The van der Waals surface area contributed by atoms with E-state index in [0.717, 1.165) is 0 Å². The summed E-state index contributed by atoms with van der Waals surface area (Å²) in [6.07, 6.45) is 0. The molecule has 39 heavy (non-hydrogen) atoms. The van der Waals surface area contributed by atoms with Crippen LogP contribution in [0.5, 0.6) is 0 Å². The molecule has 0 aromatic heterocycles. The SMILES string of the molecule is [Te].c1cc[c]([Ge]([c]2ccccc2)[c]2ccccc2)cc1.c1cc[c]([Pb]([c]2ccccc2)[c]2ccccc2)cc1. The molecule has 0 bridgehead atoms. The van der Waals surface area contributed by atoms with E-state index in [1.165, 1.54) is 13.2 Å². The molecule has 0 aliphatic carbocycles. The van der Waals surface area contributed by atoms with Crippen molar-refractivity contribution in [2.45, 2.75) is 0 Å². The number of hydrogen-bond donors (Lipinski definition) is 0. The monoisotopic (exact) mass is 874 g/mol. The van der Waals surface area contributed by atoms with E-state index in [1.807, 2.05) is 0 Å². The van der Waals surface area contributed by atoms with Gasteiger partial charge in [-0.2, -0.15) is 0 Å². The van der Waals surface area contributed by atoms with Gasteiger partial charge in [-0.25, -0.2) is 0 Å². The molecule has 6 aromatic carbocycles. The van der Waals surface area contributed by atoms with Gasteiger partial charge < -0.3 is 0 Å². The molecule has 0 aliphatic heterocycles. The molecule has 6 rings (SSSR count). The molecule has 6 aromatic rings. The quantitative estimate of drug-likeness (QED) is 0.222. The second-order valence-corrected chi connectivity index (χ2v) is 23.8. The van der Waals surface area contributed by atoms with Crippen molar-refractivity contribution in [3.8, 4) is 0 Å². The zero-order chi connectivity index (χ0) is 25.8. The Morgan fingerprint density at radius 2 is 0.487 bits per heavy atom. The molecule has 188 valence electrons. The summed E-state index contributed by atoms with van der Waals surface area (Å²) in [6.45, 7) is 0. The molecule has 0 aliphatic rings. The van der Waals surface area contributed by atoms with Gasteiger partial charge in [0.05, 0.1) is 0 Å². The molecule has 0 N–H and O–H groups in total. The summed E-state index contributed by atoms with van der Waals surface area (Å²) in [4.78, 5) is 0. The van der Waals surface area contributed by atoms with Crippen molar-refractivity contribution in [3.05, 3.63) is 182 Å². The Bertz CT molecular complexity index is 1170. The molecular weight excluding hydrogens is 840 g/mol. The van der Waals surface area contributed by atoms with E-state index in [0.29, 0.717) is 0 Å². The van der Waals surface area contributed by atoms with Crippen LogP contribution in [0, 0.1) is 0 Å². The van der Waals surface area contributed by atoms with Gasteiger partial charge in [0.25, 0.3) is 0 Å². The van der Waals surface area contributed by atoms with E-state index in [1.54, 1.807) is 9.37 Å². The molecule has 0 spiro atoms. The zero-order valence-electron chi connectivity index (χ0n) is 21.7. The van der Waals surface area contributed by atoms with Crippen molar-refractivity contribution in [2.24, 2.45) is 0 Å². The fourth-order valence-electron chi connectivity index (χ4n) is 4.63. The van der Waals surface area contributed by atoms with Crippen molar-refractivity contribution in [1.29, 1.82) is 0 Å². The van der Waals surface area contributed by atoms with Gasteiger partial charge in [0.2, 0.25) is 0 Å². The molecule has 0 saturated heterocycles. The maximum atomic E-state index is 2.29. The predicted molar refractivity (Wildman–Crippen MR) is 174 cm³/mol. The molecule has 0 saturated carbocycles. The fourth-order valence-corrected chi connectivity index (χ4v) is 20.1. The molecule has 4 radical (unpaired) electrons. The van der Waals surface area contributed by atoms with Crippen LogP contribution in [0.1, 0.15) is 0 Å². The third-order valence-electron chi connectivity index (χ3n) is 6.37. The Labute approximate surface area is 262 Å². The van der Waals surface area contributed by atoms with Crippen LogP contribution in [0.3, 0.4) is 0 Å². The Hall–Kier alpha value is -2.43. The second-order valence-electron chi connectivity index (χ2n) is 8.95. The van der Waals surface area contributed by atoms with Crippen LogP contribution >= 0.6 is 0 Å². The molecule has 0 heterocycles. The minimum absolute atomic E-state index is 0. The third kappa shape index (κ3) is 8.28. The van der Waals surface area contributed by atoms with Crippen LogP contribution in [-0.4, -0.2) is 60.7 Å². The molecule has 0 nitrogen and oxygen atoms in total. The molecule has 0 fully saturated rings. The predicted octanol–water partition coefficient (Wildman–Crippen LogP) is 4.02. The van der Waals surface area contributed by atoms with Crippen molar-refractivity contribution in [2.75, 3.05) is 0 Å². The van der Waals surface area contributed by atoms with Crippen LogP contribution in [0.15, 0.2) is 182 Å². The van der Waals surface area contributed by atoms with Gasteiger partial charge in [0.15, 0.2) is 0 Å². The van der Waals surface area contributed by atoms with Crippen molar-refractivity contribution in [1.82, 2.24) is 0 Å². The zero-order valence-corrected chi connectivity index (χ0v) is 30.0.